The van der Waals surface area contributed by atoms with Gasteiger partial charge in [-0.15, -0.1) is 0 Å². The van der Waals surface area contributed by atoms with E-state index in [4.69, 9.17) is 0 Å². The van der Waals surface area contributed by atoms with Gasteiger partial charge in [-0.2, -0.15) is 0 Å². The SMILES string of the molecule is Cc1ccc(C=CC2CCC3=C(C2)C(C)(C)CCC3)cc1. The molecule has 0 heterocycles. The lowest BCUT2D eigenvalue weighted by Crippen LogP contribution is -2.25. The van der Waals surface area contributed by atoms with Gasteiger partial charge in [0.05, 0.1) is 0 Å². The summed E-state index contributed by atoms with van der Waals surface area (Å²) < 4.78 is 0. The van der Waals surface area contributed by atoms with E-state index in [-0.39, 0.29) is 0 Å². The number of rotatable bonds is 2. The summed E-state index contributed by atoms with van der Waals surface area (Å²) in [4.78, 5) is 0. The van der Waals surface area contributed by atoms with Gasteiger partial charge in [-0.1, -0.05) is 67.0 Å². The van der Waals surface area contributed by atoms with Gasteiger partial charge in [0.25, 0.3) is 0 Å². The fraction of sp³-hybridized carbons (Fsp3) is 0.524. The number of hydrogen-bond donors (Lipinski definition) is 0. The minimum absolute atomic E-state index is 0.448. The van der Waals surface area contributed by atoms with Crippen molar-refractivity contribution in [1.82, 2.24) is 0 Å². The molecule has 1 aromatic rings. The van der Waals surface area contributed by atoms with E-state index in [2.05, 4.69) is 57.2 Å². The van der Waals surface area contributed by atoms with Gasteiger partial charge in [-0.3, -0.25) is 0 Å². The van der Waals surface area contributed by atoms with Gasteiger partial charge < -0.3 is 0 Å². The molecule has 0 N–H and O–H groups in total. The highest BCUT2D eigenvalue weighted by molar-refractivity contribution is 5.50. The molecule has 0 heteroatoms. The maximum Gasteiger partial charge on any atom is -0.0142 e. The van der Waals surface area contributed by atoms with Crippen molar-refractivity contribution in [2.75, 3.05) is 0 Å². The standard InChI is InChI=1S/C21H28/c1-16-6-8-17(9-7-16)10-11-18-12-13-19-5-4-14-21(2,3)20(19)15-18/h6-11,18H,4-5,12-15H2,1-3H3. The number of allylic oxidation sites excluding steroid dienone is 3. The van der Waals surface area contributed by atoms with Crippen LogP contribution >= 0.6 is 0 Å². The first-order chi connectivity index (χ1) is 10.0. The lowest BCUT2D eigenvalue weighted by Gasteiger charge is -2.40. The molecule has 0 nitrogen and oxygen atoms in total. The van der Waals surface area contributed by atoms with Crippen molar-refractivity contribution in [1.29, 1.82) is 0 Å². The zero-order valence-corrected chi connectivity index (χ0v) is 13.8. The Morgan fingerprint density at radius 2 is 1.86 bits per heavy atom. The normalized spacial score (nSPS) is 25.2. The lowest BCUT2D eigenvalue weighted by atomic mass is 9.66. The van der Waals surface area contributed by atoms with Crippen LogP contribution in [0.15, 0.2) is 41.5 Å². The topological polar surface area (TPSA) is 0 Å². The Morgan fingerprint density at radius 3 is 2.62 bits per heavy atom. The van der Waals surface area contributed by atoms with Crippen molar-refractivity contribution in [2.45, 2.75) is 59.3 Å². The highest BCUT2D eigenvalue weighted by atomic mass is 14.4. The monoisotopic (exact) mass is 280 g/mol. The molecule has 112 valence electrons. The predicted octanol–water partition coefficient (Wildman–Crippen LogP) is 6.32. The van der Waals surface area contributed by atoms with Gasteiger partial charge in [0.1, 0.15) is 0 Å². The minimum atomic E-state index is 0.448. The molecule has 2 aliphatic rings. The van der Waals surface area contributed by atoms with E-state index >= 15 is 0 Å². The molecule has 1 unspecified atom stereocenters. The molecule has 0 spiro atoms. The van der Waals surface area contributed by atoms with Crippen LogP contribution in [0.25, 0.3) is 6.08 Å². The smallest absolute Gasteiger partial charge is 0.0142 e. The summed E-state index contributed by atoms with van der Waals surface area (Å²) in [5.41, 5.74) is 6.71. The van der Waals surface area contributed by atoms with Crippen LogP contribution in [-0.4, -0.2) is 0 Å². The lowest BCUT2D eigenvalue weighted by molar-refractivity contribution is 0.320. The summed E-state index contributed by atoms with van der Waals surface area (Å²) in [6, 6.07) is 8.85. The Hall–Kier alpha value is -1.30. The van der Waals surface area contributed by atoms with E-state index in [0.29, 0.717) is 5.41 Å². The predicted molar refractivity (Wildman–Crippen MR) is 92.2 cm³/mol. The number of aryl methyl sites for hydroxylation is 1. The fourth-order valence-corrected chi connectivity index (χ4v) is 4.03. The molecular weight excluding hydrogens is 252 g/mol. The van der Waals surface area contributed by atoms with Crippen LogP contribution in [0, 0.1) is 18.3 Å². The molecule has 0 aliphatic heterocycles. The summed E-state index contributed by atoms with van der Waals surface area (Å²) in [6.45, 7) is 7.05. The first kappa shape index (κ1) is 14.6. The molecule has 1 aromatic carbocycles. The van der Waals surface area contributed by atoms with Crippen LogP contribution < -0.4 is 0 Å². The third-order valence-electron chi connectivity index (χ3n) is 5.45. The van der Waals surface area contributed by atoms with Gasteiger partial charge in [0.2, 0.25) is 0 Å². The maximum atomic E-state index is 2.46. The van der Waals surface area contributed by atoms with E-state index in [1.165, 1.54) is 49.7 Å². The summed E-state index contributed by atoms with van der Waals surface area (Å²) in [5.74, 6) is 0.738. The van der Waals surface area contributed by atoms with Crippen molar-refractivity contribution in [3.63, 3.8) is 0 Å². The van der Waals surface area contributed by atoms with Crippen molar-refractivity contribution >= 4 is 6.08 Å². The van der Waals surface area contributed by atoms with E-state index in [1.54, 1.807) is 11.1 Å². The Balaban J connectivity index is 1.72. The molecule has 0 saturated carbocycles. The largest absolute Gasteiger partial charge is 0.0805 e. The summed E-state index contributed by atoms with van der Waals surface area (Å²) in [5, 5.41) is 0. The quantitative estimate of drug-likeness (QED) is 0.556. The Morgan fingerprint density at radius 1 is 1.10 bits per heavy atom. The molecule has 0 radical (unpaired) electrons. The van der Waals surface area contributed by atoms with Gasteiger partial charge >= 0.3 is 0 Å². The molecular formula is C21H28. The average molecular weight is 280 g/mol. The van der Waals surface area contributed by atoms with Crippen molar-refractivity contribution < 1.29 is 0 Å². The summed E-state index contributed by atoms with van der Waals surface area (Å²) in [6.07, 6.45) is 12.9. The van der Waals surface area contributed by atoms with E-state index < -0.39 is 0 Å². The van der Waals surface area contributed by atoms with Crippen LogP contribution in [0.3, 0.4) is 0 Å². The summed E-state index contributed by atoms with van der Waals surface area (Å²) in [7, 11) is 0. The van der Waals surface area contributed by atoms with Crippen molar-refractivity contribution in [3.05, 3.63) is 52.6 Å². The van der Waals surface area contributed by atoms with E-state index in [1.807, 2.05) is 0 Å². The highest BCUT2D eigenvalue weighted by Gasteiger charge is 2.33. The molecule has 0 aromatic heterocycles. The Kier molecular flexibility index (Phi) is 4.06. The van der Waals surface area contributed by atoms with Crippen LogP contribution in [0.1, 0.15) is 63.5 Å². The molecule has 21 heavy (non-hydrogen) atoms. The molecule has 0 bridgehead atoms. The zero-order valence-electron chi connectivity index (χ0n) is 13.8. The summed E-state index contributed by atoms with van der Waals surface area (Å²) >= 11 is 0. The number of benzene rings is 1. The zero-order chi connectivity index (χ0) is 14.9. The Labute approximate surface area is 130 Å². The third kappa shape index (κ3) is 3.31. The molecule has 0 fully saturated rings. The number of hydrogen-bond acceptors (Lipinski definition) is 0. The molecule has 2 aliphatic carbocycles. The van der Waals surface area contributed by atoms with Gasteiger partial charge in [0, 0.05) is 0 Å². The Bertz CT molecular complexity index is 554. The van der Waals surface area contributed by atoms with Crippen molar-refractivity contribution in [2.24, 2.45) is 11.3 Å². The first-order valence-corrected chi connectivity index (χ1v) is 8.51. The fourth-order valence-electron chi connectivity index (χ4n) is 4.03. The molecule has 0 amide bonds. The van der Waals surface area contributed by atoms with Crippen LogP contribution in [0.2, 0.25) is 0 Å². The molecule has 0 saturated heterocycles. The van der Waals surface area contributed by atoms with Crippen LogP contribution in [-0.2, 0) is 0 Å². The van der Waals surface area contributed by atoms with Gasteiger partial charge in [-0.05, 0) is 62.3 Å². The second-order valence-corrected chi connectivity index (χ2v) is 7.59. The van der Waals surface area contributed by atoms with E-state index in [9.17, 15) is 0 Å². The van der Waals surface area contributed by atoms with Crippen LogP contribution in [0.4, 0.5) is 0 Å². The second-order valence-electron chi connectivity index (χ2n) is 7.59. The average Bonchev–Trinajstić information content (AvgIpc) is 2.47. The molecule has 1 atom stereocenters. The van der Waals surface area contributed by atoms with E-state index in [0.717, 1.165) is 5.92 Å². The maximum absolute atomic E-state index is 2.46. The first-order valence-electron chi connectivity index (χ1n) is 8.51. The third-order valence-corrected chi connectivity index (χ3v) is 5.45. The van der Waals surface area contributed by atoms with Crippen LogP contribution in [0.5, 0.6) is 0 Å². The van der Waals surface area contributed by atoms with Gasteiger partial charge in [0.15, 0.2) is 0 Å². The van der Waals surface area contributed by atoms with Crippen molar-refractivity contribution in [3.8, 4) is 0 Å². The molecule has 3 rings (SSSR count). The second kappa shape index (κ2) is 5.83. The highest BCUT2D eigenvalue weighted by Crippen LogP contribution is 2.48. The minimum Gasteiger partial charge on any atom is -0.0805 e. The van der Waals surface area contributed by atoms with Gasteiger partial charge in [-0.25, -0.2) is 0 Å².